The topological polar surface area (TPSA) is 137 Å². The van der Waals surface area contributed by atoms with Crippen LogP contribution >= 0.6 is 11.5 Å². The second kappa shape index (κ2) is 6.53. The van der Waals surface area contributed by atoms with E-state index >= 15 is 0 Å². The van der Waals surface area contributed by atoms with Crippen LogP contribution in [0.5, 0.6) is 0 Å². The van der Waals surface area contributed by atoms with Crippen molar-refractivity contribution in [3.05, 3.63) is 45.2 Å². The molecule has 0 saturated carbocycles. The fourth-order valence-electron chi connectivity index (χ4n) is 2.05. The van der Waals surface area contributed by atoms with E-state index in [0.29, 0.717) is 0 Å². The molecular weight excluding hydrogens is 358 g/mol. The molecule has 2 rings (SSSR count). The highest BCUT2D eigenvalue weighted by Crippen LogP contribution is 2.28. The molecule has 0 aliphatic carbocycles. The maximum Gasteiger partial charge on any atom is 0.281 e. The molecule has 1 unspecified atom stereocenters. The maximum atomic E-state index is 12.6. The first-order chi connectivity index (χ1) is 11.1. The van der Waals surface area contributed by atoms with E-state index < -0.39 is 37.9 Å². The molecule has 0 fully saturated rings. The first-order valence-corrected chi connectivity index (χ1v) is 9.15. The van der Waals surface area contributed by atoms with Crippen LogP contribution in [0.25, 0.3) is 0 Å². The van der Waals surface area contributed by atoms with Crippen molar-refractivity contribution in [3.8, 4) is 0 Å². The van der Waals surface area contributed by atoms with Gasteiger partial charge in [-0.15, -0.1) is 0 Å². The second-order valence-electron chi connectivity index (χ2n) is 4.91. The molecule has 24 heavy (non-hydrogen) atoms. The monoisotopic (exact) mass is 369 g/mol. The van der Waals surface area contributed by atoms with Crippen molar-refractivity contribution in [3.63, 3.8) is 0 Å². The Kier molecular flexibility index (Phi) is 4.85. The van der Waals surface area contributed by atoms with Gasteiger partial charge < -0.3 is 0 Å². The third kappa shape index (κ3) is 3.51. The smallest absolute Gasteiger partial charge is 0.281 e. The van der Waals surface area contributed by atoms with Gasteiger partial charge in [-0.25, -0.2) is 13.4 Å². The molecule has 0 bridgehead atoms. The molecule has 1 aromatic heterocycles. The summed E-state index contributed by atoms with van der Waals surface area (Å²) in [5.74, 6) is -2.84. The van der Waals surface area contributed by atoms with Gasteiger partial charge in [-0.2, -0.15) is 4.37 Å². The molecule has 11 heteroatoms. The van der Waals surface area contributed by atoms with Crippen molar-refractivity contribution in [2.75, 3.05) is 6.26 Å². The standard InChI is InChI=1S/C13H11N3O6S2/c1-7(17)11(13-14-6-23-15-13)12(18)9-4-3-8(24(2,21)22)5-10(9)16(19)20/h3-6,11H,1-2H3. The fraction of sp³-hybridized carbons (Fsp3) is 0.231. The van der Waals surface area contributed by atoms with Crippen LogP contribution in [0.3, 0.4) is 0 Å². The molecule has 9 nitrogen and oxygen atoms in total. The van der Waals surface area contributed by atoms with Crippen molar-refractivity contribution in [1.82, 2.24) is 9.36 Å². The maximum absolute atomic E-state index is 12.6. The van der Waals surface area contributed by atoms with E-state index in [1.807, 2.05) is 0 Å². The lowest BCUT2D eigenvalue weighted by molar-refractivity contribution is -0.385. The van der Waals surface area contributed by atoms with Gasteiger partial charge in [0.2, 0.25) is 0 Å². The number of nitro groups is 1. The van der Waals surface area contributed by atoms with E-state index in [-0.39, 0.29) is 16.3 Å². The lowest BCUT2D eigenvalue weighted by Gasteiger charge is -2.10. The quantitative estimate of drug-likeness (QED) is 0.322. The summed E-state index contributed by atoms with van der Waals surface area (Å²) < 4.78 is 26.9. The molecule has 1 atom stereocenters. The van der Waals surface area contributed by atoms with Crippen LogP contribution in [0.15, 0.2) is 28.6 Å². The Morgan fingerprint density at radius 1 is 1.33 bits per heavy atom. The van der Waals surface area contributed by atoms with Crippen LogP contribution in [0.4, 0.5) is 5.69 Å². The molecule has 1 heterocycles. The van der Waals surface area contributed by atoms with E-state index in [4.69, 9.17) is 0 Å². The van der Waals surface area contributed by atoms with Crippen molar-refractivity contribution in [2.24, 2.45) is 0 Å². The van der Waals surface area contributed by atoms with Gasteiger partial charge in [0.25, 0.3) is 5.69 Å². The van der Waals surface area contributed by atoms with Gasteiger partial charge in [0, 0.05) is 12.3 Å². The molecule has 0 spiro atoms. The number of Topliss-reactive ketones (excluding diaryl/α,β-unsaturated/α-hetero) is 2. The molecule has 0 amide bonds. The molecule has 0 saturated heterocycles. The number of hydrogen-bond donors (Lipinski definition) is 0. The van der Waals surface area contributed by atoms with Gasteiger partial charge in [0.1, 0.15) is 17.2 Å². The number of rotatable bonds is 6. The van der Waals surface area contributed by atoms with E-state index in [9.17, 15) is 28.1 Å². The van der Waals surface area contributed by atoms with Gasteiger partial charge in [0.05, 0.1) is 15.4 Å². The average Bonchev–Trinajstić information content (AvgIpc) is 2.99. The number of sulfone groups is 1. The Balaban J connectivity index is 2.60. The van der Waals surface area contributed by atoms with Crippen LogP contribution in [-0.4, -0.2) is 40.5 Å². The molecule has 0 N–H and O–H groups in total. The van der Waals surface area contributed by atoms with Crippen molar-refractivity contribution in [2.45, 2.75) is 17.7 Å². The normalized spacial score (nSPS) is 12.6. The number of aromatic nitrogens is 2. The van der Waals surface area contributed by atoms with Crippen LogP contribution in [0.2, 0.25) is 0 Å². The summed E-state index contributed by atoms with van der Waals surface area (Å²) in [5, 5.41) is 11.2. The van der Waals surface area contributed by atoms with E-state index in [2.05, 4.69) is 9.36 Å². The summed E-state index contributed by atoms with van der Waals surface area (Å²) in [5.41, 5.74) is 0.270. The van der Waals surface area contributed by atoms with E-state index in [0.717, 1.165) is 42.9 Å². The molecular formula is C13H11N3O6S2. The third-order valence-electron chi connectivity index (χ3n) is 3.16. The SMILES string of the molecule is CC(=O)C(C(=O)c1ccc(S(C)(=O)=O)cc1[N+](=O)[O-])c1ncsn1. The van der Waals surface area contributed by atoms with Crippen LogP contribution in [0, 0.1) is 10.1 Å². The minimum atomic E-state index is -3.69. The summed E-state index contributed by atoms with van der Waals surface area (Å²) in [7, 11) is -3.69. The predicted molar refractivity (Wildman–Crippen MR) is 83.9 cm³/mol. The number of ketones is 2. The zero-order valence-electron chi connectivity index (χ0n) is 12.5. The predicted octanol–water partition coefficient (Wildman–Crippen LogP) is 1.41. The van der Waals surface area contributed by atoms with Crippen molar-refractivity contribution in [1.29, 1.82) is 0 Å². The number of nitro benzene ring substituents is 1. The fourth-order valence-corrected chi connectivity index (χ4v) is 3.15. The van der Waals surface area contributed by atoms with Gasteiger partial charge in [-0.3, -0.25) is 19.7 Å². The van der Waals surface area contributed by atoms with E-state index in [1.54, 1.807) is 0 Å². The summed E-state index contributed by atoms with van der Waals surface area (Å²) >= 11 is 0.935. The first-order valence-electron chi connectivity index (χ1n) is 6.42. The lowest BCUT2D eigenvalue weighted by Crippen LogP contribution is -2.22. The summed E-state index contributed by atoms with van der Waals surface area (Å²) in [6.45, 7) is 1.15. The minimum Gasteiger partial charge on any atom is -0.299 e. The largest absolute Gasteiger partial charge is 0.299 e. The first kappa shape index (κ1) is 17.8. The Bertz CT molecular complexity index is 921. The summed E-state index contributed by atoms with van der Waals surface area (Å²) in [4.78, 5) is 38.3. The Morgan fingerprint density at radius 3 is 2.46 bits per heavy atom. The zero-order chi connectivity index (χ0) is 18.1. The molecule has 0 aliphatic rings. The van der Waals surface area contributed by atoms with Crippen molar-refractivity contribution >= 4 is 38.6 Å². The van der Waals surface area contributed by atoms with Crippen molar-refractivity contribution < 1.29 is 22.9 Å². The van der Waals surface area contributed by atoms with E-state index in [1.165, 1.54) is 5.51 Å². The Hall–Kier alpha value is -2.53. The highest BCUT2D eigenvalue weighted by molar-refractivity contribution is 7.90. The second-order valence-corrected chi connectivity index (χ2v) is 7.53. The number of carbonyl (C=O) groups is 2. The van der Waals surface area contributed by atoms with Gasteiger partial charge in [-0.05, 0) is 30.6 Å². The number of benzene rings is 1. The van der Waals surface area contributed by atoms with Gasteiger partial charge in [-0.1, -0.05) is 0 Å². The lowest BCUT2D eigenvalue weighted by atomic mass is 9.92. The summed E-state index contributed by atoms with van der Waals surface area (Å²) in [6, 6.07) is 2.91. The summed E-state index contributed by atoms with van der Waals surface area (Å²) in [6.07, 6.45) is 0.894. The molecule has 0 aliphatic heterocycles. The Morgan fingerprint density at radius 2 is 2.00 bits per heavy atom. The van der Waals surface area contributed by atoms with Gasteiger partial charge >= 0.3 is 0 Å². The molecule has 126 valence electrons. The third-order valence-corrected chi connectivity index (χ3v) is 4.77. The Labute approximate surface area is 140 Å². The van der Waals surface area contributed by atoms with Crippen LogP contribution < -0.4 is 0 Å². The molecule has 0 radical (unpaired) electrons. The molecule has 1 aromatic carbocycles. The minimum absolute atomic E-state index is 0.0426. The van der Waals surface area contributed by atoms with Crippen LogP contribution in [-0.2, 0) is 14.6 Å². The highest BCUT2D eigenvalue weighted by atomic mass is 32.2. The zero-order valence-corrected chi connectivity index (χ0v) is 14.1. The highest BCUT2D eigenvalue weighted by Gasteiger charge is 2.34. The number of hydrogen-bond acceptors (Lipinski definition) is 9. The molecule has 2 aromatic rings. The van der Waals surface area contributed by atoms with Gasteiger partial charge in [0.15, 0.2) is 21.4 Å². The average molecular weight is 369 g/mol. The number of nitrogens with zero attached hydrogens (tertiary/aromatic N) is 3. The van der Waals surface area contributed by atoms with Crippen LogP contribution in [0.1, 0.15) is 29.0 Å². The number of carbonyl (C=O) groups excluding carboxylic acids is 2.